The topological polar surface area (TPSA) is 20.2 Å². The molecule has 0 rings (SSSR count). The van der Waals surface area contributed by atoms with Gasteiger partial charge in [-0.1, -0.05) is 12.7 Å². The average Bonchev–Trinajstić information content (AvgIpc) is 1.41. The lowest BCUT2D eigenvalue weighted by Crippen LogP contribution is -1.40. The fraction of sp³-hybridized carbons (Fsp3) is 0. The molecule has 0 atom stereocenters. The molecule has 0 aliphatic heterocycles. The summed E-state index contributed by atoms with van der Waals surface area (Å²) in [5.41, 5.74) is 0. The van der Waals surface area contributed by atoms with Crippen molar-refractivity contribution in [2.75, 3.05) is 0 Å². The van der Waals surface area contributed by atoms with Crippen LogP contribution in [0.5, 0.6) is 0 Å². The molecular weight excluding hydrogens is 64.0 g/mol. The maximum atomic E-state index is 7.81. The lowest BCUT2D eigenvalue weighted by Gasteiger charge is -1.58. The number of aliphatic hydroxyl groups is 1. The van der Waals surface area contributed by atoms with Crippen molar-refractivity contribution in [2.45, 2.75) is 0 Å². The van der Waals surface area contributed by atoms with Crippen LogP contribution in [0.4, 0.5) is 0 Å². The second-order valence-corrected chi connectivity index (χ2v) is 0.577. The van der Waals surface area contributed by atoms with E-state index in [0.717, 1.165) is 6.26 Å². The number of hydrogen-bond acceptors (Lipinski definition) is 1. The van der Waals surface area contributed by atoms with Gasteiger partial charge in [-0.05, 0) is 6.08 Å². The fourth-order valence-electron chi connectivity index (χ4n) is 0.0609. The third kappa shape index (κ3) is 3.28. The van der Waals surface area contributed by atoms with E-state index in [-0.39, 0.29) is 0 Å². The molecule has 0 unspecified atom stereocenters. The molecule has 0 radical (unpaired) electrons. The van der Waals surface area contributed by atoms with E-state index in [4.69, 9.17) is 5.11 Å². The van der Waals surface area contributed by atoms with E-state index in [2.05, 4.69) is 6.58 Å². The summed E-state index contributed by atoms with van der Waals surface area (Å²) in [5.74, 6) is 0. The first-order chi connectivity index (χ1) is 2.41. The zero-order chi connectivity index (χ0) is 4.12. The van der Waals surface area contributed by atoms with Gasteiger partial charge in [-0.15, -0.1) is 0 Å². The van der Waals surface area contributed by atoms with Gasteiger partial charge < -0.3 is 5.11 Å². The zero-order valence-electron chi connectivity index (χ0n) is 2.89. The van der Waals surface area contributed by atoms with Gasteiger partial charge in [0.15, 0.2) is 0 Å². The summed E-state index contributed by atoms with van der Waals surface area (Å²) >= 11 is 0. The maximum absolute atomic E-state index is 7.81. The van der Waals surface area contributed by atoms with Gasteiger partial charge in [0.2, 0.25) is 0 Å². The predicted octanol–water partition coefficient (Wildman–Crippen LogP) is 1.24. The minimum absolute atomic E-state index is 0.938. The third-order valence-electron chi connectivity index (χ3n) is 0.222. The lowest BCUT2D eigenvalue weighted by molar-refractivity contribution is 0.474. The molecule has 28 valence electrons. The van der Waals surface area contributed by atoms with Crippen molar-refractivity contribution in [3.05, 3.63) is 25.0 Å². The Hall–Kier alpha value is -0.720. The fourth-order valence-corrected chi connectivity index (χ4v) is 0.0609. The first-order valence-electron chi connectivity index (χ1n) is 1.33. The Bertz CT molecular complexity index is 45.6. The minimum atomic E-state index is 0.938. The smallest absolute Gasteiger partial charge is 0.0791 e. The van der Waals surface area contributed by atoms with E-state index >= 15 is 0 Å². The predicted molar refractivity (Wildman–Crippen MR) is 22.0 cm³/mol. The molecule has 0 heterocycles. The Morgan fingerprint density at radius 1 is 1.60 bits per heavy atom. The molecule has 0 amide bonds. The van der Waals surface area contributed by atoms with Crippen LogP contribution in [-0.2, 0) is 0 Å². The van der Waals surface area contributed by atoms with Crippen LogP contribution >= 0.6 is 0 Å². The molecule has 0 aromatic carbocycles. The van der Waals surface area contributed by atoms with Gasteiger partial charge in [0.05, 0.1) is 6.26 Å². The summed E-state index contributed by atoms with van der Waals surface area (Å²) in [6.07, 6.45) is 3.88. The second-order valence-electron chi connectivity index (χ2n) is 0.577. The Morgan fingerprint density at radius 2 is 2.20 bits per heavy atom. The first-order valence-corrected chi connectivity index (χ1v) is 1.33. The first kappa shape index (κ1) is 4.28. The molecule has 1 heteroatoms. The Labute approximate surface area is 31.2 Å². The van der Waals surface area contributed by atoms with Gasteiger partial charge in [0, 0.05) is 0 Å². The molecule has 0 saturated carbocycles. The monoisotopic (exact) mass is 70.0 g/mol. The Balaban J connectivity index is 2.92. The quantitative estimate of drug-likeness (QED) is 0.363. The molecule has 0 aliphatic rings. The summed E-state index contributed by atoms with van der Waals surface area (Å²) in [7, 11) is 0. The highest BCUT2D eigenvalue weighted by atomic mass is 16.2. The standard InChI is InChI=1S/C4H6O/c1-2-3-4-5/h2-5H,1H2. The van der Waals surface area contributed by atoms with Crippen molar-refractivity contribution >= 4 is 0 Å². The minimum Gasteiger partial charge on any atom is -0.516 e. The molecule has 1 nitrogen and oxygen atoms in total. The summed E-state index contributed by atoms with van der Waals surface area (Å²) < 4.78 is 0. The summed E-state index contributed by atoms with van der Waals surface area (Å²) in [6, 6.07) is 0. The van der Waals surface area contributed by atoms with Crippen LogP contribution in [0.25, 0.3) is 0 Å². The van der Waals surface area contributed by atoms with Crippen molar-refractivity contribution in [3.63, 3.8) is 0 Å². The van der Waals surface area contributed by atoms with E-state index in [9.17, 15) is 0 Å². The van der Waals surface area contributed by atoms with Gasteiger partial charge in [-0.25, -0.2) is 0 Å². The van der Waals surface area contributed by atoms with Crippen molar-refractivity contribution in [1.29, 1.82) is 0 Å². The van der Waals surface area contributed by atoms with Crippen molar-refractivity contribution in [1.82, 2.24) is 0 Å². The van der Waals surface area contributed by atoms with Crippen LogP contribution in [0.15, 0.2) is 25.0 Å². The molecule has 0 aromatic heterocycles. The van der Waals surface area contributed by atoms with Gasteiger partial charge in [0.1, 0.15) is 0 Å². The van der Waals surface area contributed by atoms with Gasteiger partial charge in [-0.2, -0.15) is 0 Å². The van der Waals surface area contributed by atoms with E-state index in [1.807, 2.05) is 0 Å². The number of aliphatic hydroxyl groups excluding tert-OH is 1. The van der Waals surface area contributed by atoms with E-state index in [1.54, 1.807) is 0 Å². The normalized spacial score (nSPS) is 8.80. The van der Waals surface area contributed by atoms with Crippen LogP contribution in [0.1, 0.15) is 0 Å². The number of rotatable bonds is 1. The van der Waals surface area contributed by atoms with Gasteiger partial charge >= 0.3 is 0 Å². The van der Waals surface area contributed by atoms with Crippen molar-refractivity contribution in [2.24, 2.45) is 0 Å². The molecular formula is C4H6O. The molecule has 0 aromatic rings. The molecule has 0 fully saturated rings. The Kier molecular flexibility index (Phi) is 2.81. The molecule has 0 aliphatic carbocycles. The van der Waals surface area contributed by atoms with Gasteiger partial charge in [-0.3, -0.25) is 0 Å². The maximum Gasteiger partial charge on any atom is 0.0791 e. The number of hydrogen-bond donors (Lipinski definition) is 1. The molecule has 0 saturated heterocycles. The zero-order valence-corrected chi connectivity index (χ0v) is 2.89. The van der Waals surface area contributed by atoms with Crippen molar-refractivity contribution < 1.29 is 5.11 Å². The largest absolute Gasteiger partial charge is 0.516 e. The SMILES string of the molecule is C=CC=CO. The molecule has 0 spiro atoms. The third-order valence-corrected chi connectivity index (χ3v) is 0.222. The van der Waals surface area contributed by atoms with Gasteiger partial charge in [0.25, 0.3) is 0 Å². The average molecular weight is 70.1 g/mol. The highest BCUT2D eigenvalue weighted by molar-refractivity contribution is 4.91. The summed E-state index contributed by atoms with van der Waals surface area (Å²) in [6.45, 7) is 3.30. The van der Waals surface area contributed by atoms with E-state index in [0.29, 0.717) is 0 Å². The van der Waals surface area contributed by atoms with Crippen LogP contribution in [0.2, 0.25) is 0 Å². The molecule has 1 N–H and O–H groups in total. The molecule has 0 bridgehead atoms. The second kappa shape index (κ2) is 3.28. The van der Waals surface area contributed by atoms with Crippen LogP contribution in [-0.4, -0.2) is 5.11 Å². The lowest BCUT2D eigenvalue weighted by atomic mass is 10.6. The van der Waals surface area contributed by atoms with E-state index < -0.39 is 0 Å². The van der Waals surface area contributed by atoms with Crippen molar-refractivity contribution in [3.8, 4) is 0 Å². The van der Waals surface area contributed by atoms with Crippen LogP contribution in [0.3, 0.4) is 0 Å². The van der Waals surface area contributed by atoms with Crippen LogP contribution < -0.4 is 0 Å². The number of allylic oxidation sites excluding steroid dienone is 2. The highest BCUT2D eigenvalue weighted by Crippen LogP contribution is 1.61. The summed E-state index contributed by atoms with van der Waals surface area (Å²) in [5, 5.41) is 7.81. The molecule has 5 heavy (non-hydrogen) atoms. The highest BCUT2D eigenvalue weighted by Gasteiger charge is 1.43. The summed E-state index contributed by atoms with van der Waals surface area (Å²) in [4.78, 5) is 0. The van der Waals surface area contributed by atoms with E-state index in [1.165, 1.54) is 12.2 Å². The Morgan fingerprint density at radius 3 is 2.20 bits per heavy atom. The van der Waals surface area contributed by atoms with Crippen LogP contribution in [0, 0.1) is 0 Å².